The SMILES string of the molecule is COC(=O)c1nn(C(=O)c2ccsc2)c2ccccc12. The van der Waals surface area contributed by atoms with Gasteiger partial charge < -0.3 is 4.74 Å². The molecule has 0 unspecified atom stereocenters. The van der Waals surface area contributed by atoms with Gasteiger partial charge in [-0.25, -0.2) is 4.79 Å². The van der Waals surface area contributed by atoms with Crippen LogP contribution in [0.3, 0.4) is 0 Å². The number of benzene rings is 1. The van der Waals surface area contributed by atoms with Crippen molar-refractivity contribution in [3.63, 3.8) is 0 Å². The third-order valence-electron chi connectivity index (χ3n) is 2.93. The van der Waals surface area contributed by atoms with Crippen molar-refractivity contribution in [3.05, 3.63) is 52.3 Å². The molecule has 0 atom stereocenters. The summed E-state index contributed by atoms with van der Waals surface area (Å²) in [5, 5.41) is 8.28. The van der Waals surface area contributed by atoms with E-state index in [1.165, 1.54) is 23.1 Å². The fourth-order valence-corrected chi connectivity index (χ4v) is 2.61. The van der Waals surface area contributed by atoms with Crippen LogP contribution in [0.1, 0.15) is 20.8 Å². The standard InChI is InChI=1S/C14H10N2O3S/c1-19-14(18)12-10-4-2-3-5-11(10)16(15-12)13(17)9-6-7-20-8-9/h2-8H,1H3. The van der Waals surface area contributed by atoms with Crippen LogP contribution >= 0.6 is 11.3 Å². The number of esters is 1. The van der Waals surface area contributed by atoms with Crippen LogP contribution in [0.25, 0.3) is 10.9 Å². The first-order chi connectivity index (χ1) is 9.72. The van der Waals surface area contributed by atoms with E-state index in [2.05, 4.69) is 5.10 Å². The minimum Gasteiger partial charge on any atom is -0.464 e. The number of hydrogen-bond acceptors (Lipinski definition) is 5. The van der Waals surface area contributed by atoms with Gasteiger partial charge in [-0.3, -0.25) is 4.79 Å². The zero-order chi connectivity index (χ0) is 14.1. The van der Waals surface area contributed by atoms with E-state index in [4.69, 9.17) is 4.74 Å². The Morgan fingerprint density at radius 3 is 2.75 bits per heavy atom. The normalized spacial score (nSPS) is 10.7. The van der Waals surface area contributed by atoms with Crippen molar-refractivity contribution in [2.75, 3.05) is 7.11 Å². The summed E-state index contributed by atoms with van der Waals surface area (Å²) in [7, 11) is 1.29. The van der Waals surface area contributed by atoms with Crippen molar-refractivity contribution >= 4 is 34.1 Å². The molecule has 0 N–H and O–H groups in total. The Morgan fingerprint density at radius 1 is 1.25 bits per heavy atom. The van der Waals surface area contributed by atoms with Crippen LogP contribution in [0, 0.1) is 0 Å². The molecule has 2 aromatic heterocycles. The van der Waals surface area contributed by atoms with Gasteiger partial charge >= 0.3 is 5.97 Å². The molecule has 20 heavy (non-hydrogen) atoms. The molecule has 3 rings (SSSR count). The number of carbonyl (C=O) groups is 2. The molecule has 0 radical (unpaired) electrons. The molecule has 2 heterocycles. The molecule has 0 aliphatic carbocycles. The lowest BCUT2D eigenvalue weighted by molar-refractivity contribution is 0.0595. The molecule has 0 fully saturated rings. The minimum atomic E-state index is -0.557. The lowest BCUT2D eigenvalue weighted by Crippen LogP contribution is -2.14. The highest BCUT2D eigenvalue weighted by molar-refractivity contribution is 7.08. The Hall–Kier alpha value is -2.47. The Bertz CT molecular complexity index is 790. The van der Waals surface area contributed by atoms with Gasteiger partial charge in [-0.2, -0.15) is 21.1 Å². The van der Waals surface area contributed by atoms with E-state index < -0.39 is 5.97 Å². The van der Waals surface area contributed by atoms with Crippen LogP contribution in [0.15, 0.2) is 41.1 Å². The Kier molecular flexibility index (Phi) is 3.08. The number of methoxy groups -OCH3 is 1. The van der Waals surface area contributed by atoms with Crippen molar-refractivity contribution in [1.29, 1.82) is 0 Å². The molecular formula is C14H10N2O3S. The molecule has 0 amide bonds. The summed E-state index contributed by atoms with van der Waals surface area (Å²) in [6, 6.07) is 8.80. The van der Waals surface area contributed by atoms with E-state index in [9.17, 15) is 9.59 Å². The van der Waals surface area contributed by atoms with E-state index in [-0.39, 0.29) is 11.6 Å². The molecule has 0 bridgehead atoms. The van der Waals surface area contributed by atoms with Crippen molar-refractivity contribution < 1.29 is 14.3 Å². The van der Waals surface area contributed by atoms with Gasteiger partial charge in [0.1, 0.15) is 0 Å². The molecule has 3 aromatic rings. The number of ether oxygens (including phenoxy) is 1. The number of nitrogens with zero attached hydrogens (tertiary/aromatic N) is 2. The molecule has 0 aliphatic rings. The minimum absolute atomic E-state index is 0.145. The summed E-state index contributed by atoms with van der Waals surface area (Å²) in [4.78, 5) is 24.1. The van der Waals surface area contributed by atoms with Gasteiger partial charge in [0.25, 0.3) is 5.91 Å². The predicted octanol–water partition coefficient (Wildman–Crippen LogP) is 2.57. The molecule has 5 nitrogen and oxygen atoms in total. The van der Waals surface area contributed by atoms with Crippen molar-refractivity contribution in [2.45, 2.75) is 0 Å². The largest absolute Gasteiger partial charge is 0.464 e. The number of para-hydroxylation sites is 1. The topological polar surface area (TPSA) is 61.2 Å². The van der Waals surface area contributed by atoms with Crippen LogP contribution in [-0.4, -0.2) is 28.8 Å². The second-order valence-electron chi connectivity index (χ2n) is 4.09. The smallest absolute Gasteiger partial charge is 0.359 e. The summed E-state index contributed by atoms with van der Waals surface area (Å²) in [5.74, 6) is -0.823. The van der Waals surface area contributed by atoms with E-state index >= 15 is 0 Å². The third-order valence-corrected chi connectivity index (χ3v) is 3.61. The number of carbonyl (C=O) groups excluding carboxylic acids is 2. The second kappa shape index (κ2) is 4.90. The monoisotopic (exact) mass is 286 g/mol. The summed E-state index contributed by atoms with van der Waals surface area (Å²) < 4.78 is 5.94. The average Bonchev–Trinajstić information content (AvgIpc) is 3.13. The first-order valence-corrected chi connectivity index (χ1v) is 6.79. The number of aromatic nitrogens is 2. The van der Waals surface area contributed by atoms with E-state index in [0.29, 0.717) is 16.5 Å². The summed E-state index contributed by atoms with van der Waals surface area (Å²) >= 11 is 1.43. The van der Waals surface area contributed by atoms with Gasteiger partial charge in [0.05, 0.1) is 18.2 Å². The summed E-state index contributed by atoms with van der Waals surface area (Å²) in [6.07, 6.45) is 0. The van der Waals surface area contributed by atoms with Gasteiger partial charge in [-0.05, 0) is 17.5 Å². The third kappa shape index (κ3) is 1.90. The zero-order valence-electron chi connectivity index (χ0n) is 10.6. The summed E-state index contributed by atoms with van der Waals surface area (Å²) in [5.41, 5.74) is 1.27. The average molecular weight is 286 g/mol. The molecule has 0 spiro atoms. The fourth-order valence-electron chi connectivity index (χ4n) is 1.98. The van der Waals surface area contributed by atoms with Crippen LogP contribution in [0.2, 0.25) is 0 Å². The van der Waals surface area contributed by atoms with Crippen LogP contribution < -0.4 is 0 Å². The van der Waals surface area contributed by atoms with Crippen molar-refractivity contribution in [3.8, 4) is 0 Å². The summed E-state index contributed by atoms with van der Waals surface area (Å²) in [6.45, 7) is 0. The number of rotatable bonds is 2. The van der Waals surface area contributed by atoms with Crippen molar-refractivity contribution in [2.24, 2.45) is 0 Å². The number of thiophene rings is 1. The fraction of sp³-hybridized carbons (Fsp3) is 0.0714. The predicted molar refractivity (Wildman–Crippen MR) is 75.1 cm³/mol. The van der Waals surface area contributed by atoms with Gasteiger partial charge in [0.15, 0.2) is 5.69 Å². The highest BCUT2D eigenvalue weighted by Gasteiger charge is 2.21. The highest BCUT2D eigenvalue weighted by atomic mass is 32.1. The number of fused-ring (bicyclic) bond motifs is 1. The maximum atomic E-state index is 12.4. The van der Waals surface area contributed by atoms with Gasteiger partial charge in [-0.15, -0.1) is 0 Å². The van der Waals surface area contributed by atoms with Gasteiger partial charge in [0, 0.05) is 10.8 Å². The number of hydrogen-bond donors (Lipinski definition) is 0. The van der Waals surface area contributed by atoms with Crippen LogP contribution in [0.4, 0.5) is 0 Å². The molecule has 0 saturated heterocycles. The Morgan fingerprint density at radius 2 is 2.05 bits per heavy atom. The highest BCUT2D eigenvalue weighted by Crippen LogP contribution is 2.20. The molecule has 1 aromatic carbocycles. The second-order valence-corrected chi connectivity index (χ2v) is 4.87. The molecule has 6 heteroatoms. The first-order valence-electron chi connectivity index (χ1n) is 5.85. The Labute approximate surface area is 118 Å². The van der Waals surface area contributed by atoms with Crippen molar-refractivity contribution in [1.82, 2.24) is 9.78 Å². The lowest BCUT2D eigenvalue weighted by atomic mass is 10.2. The van der Waals surface area contributed by atoms with Gasteiger partial charge in [0.2, 0.25) is 0 Å². The molecule has 100 valence electrons. The molecule has 0 saturated carbocycles. The maximum absolute atomic E-state index is 12.4. The van der Waals surface area contributed by atoms with Gasteiger partial charge in [-0.1, -0.05) is 18.2 Å². The molecule has 0 aliphatic heterocycles. The Balaban J connectivity index is 2.21. The van der Waals surface area contributed by atoms with E-state index in [1.54, 1.807) is 35.7 Å². The molecular weight excluding hydrogens is 276 g/mol. The first kappa shape index (κ1) is 12.6. The maximum Gasteiger partial charge on any atom is 0.359 e. The van der Waals surface area contributed by atoms with E-state index in [0.717, 1.165) is 0 Å². The van der Waals surface area contributed by atoms with E-state index in [1.807, 2.05) is 5.38 Å². The van der Waals surface area contributed by atoms with Crippen LogP contribution in [0.5, 0.6) is 0 Å². The van der Waals surface area contributed by atoms with Crippen LogP contribution in [-0.2, 0) is 4.74 Å². The zero-order valence-corrected chi connectivity index (χ0v) is 11.4. The lowest BCUT2D eigenvalue weighted by Gasteiger charge is -1.99. The quantitative estimate of drug-likeness (QED) is 0.679.